The molecular weight excluding hydrogens is 438 g/mol. The van der Waals surface area contributed by atoms with Gasteiger partial charge in [0.1, 0.15) is 5.83 Å². The van der Waals surface area contributed by atoms with E-state index in [0.29, 0.717) is 23.5 Å². The highest BCUT2D eigenvalue weighted by Crippen LogP contribution is 2.47. The van der Waals surface area contributed by atoms with Crippen LogP contribution < -0.4 is 0 Å². The summed E-state index contributed by atoms with van der Waals surface area (Å²) in [5.41, 5.74) is 2.05. The van der Waals surface area contributed by atoms with Crippen LogP contribution in [0.25, 0.3) is 11.1 Å². The summed E-state index contributed by atoms with van der Waals surface area (Å²) >= 11 is 0. The molecule has 0 spiro atoms. The highest BCUT2D eigenvalue weighted by molar-refractivity contribution is 6.59. The molecule has 0 saturated carbocycles. The molecule has 1 heterocycles. The first-order valence-corrected chi connectivity index (χ1v) is 16.0. The van der Waals surface area contributed by atoms with Crippen LogP contribution in [0.5, 0.6) is 0 Å². The van der Waals surface area contributed by atoms with Crippen molar-refractivity contribution < 1.29 is 8.78 Å². The van der Waals surface area contributed by atoms with Crippen LogP contribution in [-0.2, 0) is 5.67 Å². The summed E-state index contributed by atoms with van der Waals surface area (Å²) in [6.07, 6.45) is 11.7. The summed E-state index contributed by atoms with van der Waals surface area (Å²) in [7, 11) is -0.551. The molecule has 182 valence electrons. The molecule has 0 amide bonds. The summed E-state index contributed by atoms with van der Waals surface area (Å²) in [4.78, 5) is 0. The van der Waals surface area contributed by atoms with Gasteiger partial charge in [0.25, 0.3) is 0 Å². The molecule has 1 unspecified atom stereocenters. The van der Waals surface area contributed by atoms with Gasteiger partial charge < -0.3 is 0 Å². The highest BCUT2D eigenvalue weighted by atomic mass is 28.3. The highest BCUT2D eigenvalue weighted by Gasteiger charge is 2.41. The molecule has 0 radical (unpaired) electrons. The van der Waals surface area contributed by atoms with Gasteiger partial charge in [0.15, 0.2) is 5.67 Å². The second-order valence-electron chi connectivity index (χ2n) is 10.4. The van der Waals surface area contributed by atoms with Crippen LogP contribution in [0.1, 0.15) is 82.3 Å². The lowest BCUT2D eigenvalue weighted by molar-refractivity contribution is 0.174. The molecule has 2 aromatic rings. The molecule has 0 nitrogen and oxygen atoms in total. The van der Waals surface area contributed by atoms with Crippen LogP contribution in [0, 0.1) is 0 Å². The Morgan fingerprint density at radius 2 is 1.76 bits per heavy atom. The maximum Gasteiger partial charge on any atom is 0.191 e. The summed E-state index contributed by atoms with van der Waals surface area (Å²) in [6, 6.07) is 20.6. The van der Waals surface area contributed by atoms with E-state index in [9.17, 15) is 0 Å². The Balaban J connectivity index is 1.57. The predicted octanol–water partition coefficient (Wildman–Crippen LogP) is 9.80. The van der Waals surface area contributed by atoms with Crippen molar-refractivity contribution in [3.05, 3.63) is 83.2 Å². The molecule has 1 fully saturated rings. The molecule has 34 heavy (non-hydrogen) atoms. The molecule has 2 aliphatic rings. The quantitative estimate of drug-likeness (QED) is 0.248. The van der Waals surface area contributed by atoms with Crippen LogP contribution in [0.4, 0.5) is 8.78 Å². The van der Waals surface area contributed by atoms with Crippen LogP contribution in [-0.4, -0.2) is 8.80 Å². The third-order valence-electron chi connectivity index (χ3n) is 7.95. The average molecular weight is 479 g/mol. The number of halogens is 2. The number of unbranched alkanes of at least 4 members (excludes halogenated alkanes) is 2. The molecular formula is C31H40F2Si. The summed E-state index contributed by atoms with van der Waals surface area (Å²) < 4.78 is 31.8. The van der Waals surface area contributed by atoms with Gasteiger partial charge in [-0.15, -0.1) is 0 Å². The molecule has 3 heteroatoms. The van der Waals surface area contributed by atoms with Gasteiger partial charge in [0.05, 0.1) is 0 Å². The minimum atomic E-state index is -2.09. The molecule has 0 aromatic heterocycles. The zero-order chi connectivity index (χ0) is 24.0. The molecule has 1 aliphatic carbocycles. The van der Waals surface area contributed by atoms with Gasteiger partial charge in [-0.25, -0.2) is 8.78 Å². The van der Waals surface area contributed by atoms with E-state index in [0.717, 1.165) is 17.5 Å². The Kier molecular flexibility index (Phi) is 8.58. The van der Waals surface area contributed by atoms with Gasteiger partial charge in [-0.3, -0.25) is 0 Å². The third-order valence-corrected chi connectivity index (χ3v) is 11.5. The lowest BCUT2D eigenvalue weighted by Gasteiger charge is -2.30. The Morgan fingerprint density at radius 1 is 0.971 bits per heavy atom. The normalized spacial score (nSPS) is 25.1. The maximum absolute atomic E-state index is 16.4. The van der Waals surface area contributed by atoms with Crippen molar-refractivity contribution in [3.8, 4) is 11.1 Å². The Bertz CT molecular complexity index is 1020. The van der Waals surface area contributed by atoms with Crippen molar-refractivity contribution >= 4 is 8.80 Å². The van der Waals surface area contributed by atoms with Gasteiger partial charge in [-0.05, 0) is 47.4 Å². The average Bonchev–Trinajstić information content (AvgIpc) is 2.88. The van der Waals surface area contributed by atoms with Gasteiger partial charge in [-0.1, -0.05) is 118 Å². The fourth-order valence-corrected chi connectivity index (χ4v) is 9.46. The van der Waals surface area contributed by atoms with Crippen molar-refractivity contribution in [3.63, 3.8) is 0 Å². The first-order chi connectivity index (χ1) is 16.6. The standard InChI is InChI=1S/C31H40F2Si/c1-3-5-8-20-34-21-17-24(18-22-34)26-12-9-13-27(23-26)28-15-6-7-16-29(28)31(33)19-10-14-25(11-4-2)30(31)32/h6-7,9-10,12-16,23-24,34H,3-5,8,11,17-22H2,1-2H3/t24-,31?,34-. The SMILES string of the molecule is CCCCC[Si@H]1CC[C@H](c2cccc(-c3ccccc3C3(F)CC=CC(CCC)=C3F)c2)CC1. The lowest BCUT2D eigenvalue weighted by atomic mass is 9.80. The van der Waals surface area contributed by atoms with E-state index >= 15 is 8.78 Å². The van der Waals surface area contributed by atoms with E-state index in [-0.39, 0.29) is 6.42 Å². The minimum Gasteiger partial charge on any atom is -0.230 e. The summed E-state index contributed by atoms with van der Waals surface area (Å²) in [5.74, 6) is -0.00131. The van der Waals surface area contributed by atoms with Crippen molar-refractivity contribution in [1.82, 2.24) is 0 Å². The van der Waals surface area contributed by atoms with E-state index < -0.39 is 20.3 Å². The molecule has 1 aliphatic heterocycles. The topological polar surface area (TPSA) is 0 Å². The summed E-state index contributed by atoms with van der Waals surface area (Å²) in [6.45, 7) is 4.29. The number of rotatable bonds is 9. The molecule has 0 bridgehead atoms. The first-order valence-electron chi connectivity index (χ1n) is 13.5. The Hall–Kier alpha value is -2.00. The second-order valence-corrected chi connectivity index (χ2v) is 13.8. The van der Waals surface area contributed by atoms with E-state index in [1.807, 2.05) is 25.1 Å². The van der Waals surface area contributed by atoms with Gasteiger partial charge >= 0.3 is 0 Å². The minimum absolute atomic E-state index is 0.0510. The van der Waals surface area contributed by atoms with Crippen molar-refractivity contribution in [2.45, 2.75) is 94.9 Å². The lowest BCUT2D eigenvalue weighted by Crippen LogP contribution is -2.24. The molecule has 1 saturated heterocycles. The number of alkyl halides is 1. The Morgan fingerprint density at radius 3 is 2.53 bits per heavy atom. The smallest absolute Gasteiger partial charge is 0.191 e. The number of hydrogen-bond acceptors (Lipinski definition) is 0. The Labute approximate surface area is 206 Å². The monoisotopic (exact) mass is 478 g/mol. The first kappa shape index (κ1) is 25.1. The zero-order valence-corrected chi connectivity index (χ0v) is 22.1. The molecule has 1 atom stereocenters. The van der Waals surface area contributed by atoms with Crippen LogP contribution in [0.15, 0.2) is 72.1 Å². The van der Waals surface area contributed by atoms with Crippen molar-refractivity contribution in [2.75, 3.05) is 0 Å². The van der Waals surface area contributed by atoms with Gasteiger partial charge in [0.2, 0.25) is 0 Å². The fraction of sp³-hybridized carbons (Fsp3) is 0.484. The number of allylic oxidation sites excluding steroid dienone is 4. The molecule has 2 aromatic carbocycles. The van der Waals surface area contributed by atoms with Crippen molar-refractivity contribution in [2.24, 2.45) is 0 Å². The van der Waals surface area contributed by atoms with E-state index in [1.54, 1.807) is 18.2 Å². The fourth-order valence-electron chi connectivity index (χ4n) is 5.98. The van der Waals surface area contributed by atoms with E-state index in [4.69, 9.17) is 0 Å². The number of hydrogen-bond donors (Lipinski definition) is 0. The van der Waals surface area contributed by atoms with Crippen LogP contribution in [0.3, 0.4) is 0 Å². The predicted molar refractivity (Wildman–Crippen MR) is 145 cm³/mol. The summed E-state index contributed by atoms with van der Waals surface area (Å²) in [5, 5.41) is 0. The third kappa shape index (κ3) is 5.46. The van der Waals surface area contributed by atoms with Gasteiger partial charge in [0, 0.05) is 20.8 Å². The van der Waals surface area contributed by atoms with Crippen LogP contribution >= 0.6 is 0 Å². The maximum atomic E-state index is 16.4. The van der Waals surface area contributed by atoms with Crippen molar-refractivity contribution in [1.29, 1.82) is 0 Å². The van der Waals surface area contributed by atoms with E-state index in [2.05, 4.69) is 31.2 Å². The largest absolute Gasteiger partial charge is 0.230 e. The molecule has 4 rings (SSSR count). The number of benzene rings is 2. The molecule has 0 N–H and O–H groups in total. The van der Waals surface area contributed by atoms with Gasteiger partial charge in [-0.2, -0.15) is 0 Å². The van der Waals surface area contributed by atoms with Crippen LogP contribution in [0.2, 0.25) is 18.1 Å². The van der Waals surface area contributed by atoms with E-state index in [1.165, 1.54) is 55.8 Å². The zero-order valence-electron chi connectivity index (χ0n) is 21.0. The second kappa shape index (κ2) is 11.6.